The zero-order valence-corrected chi connectivity index (χ0v) is 12.1. The highest BCUT2D eigenvalue weighted by molar-refractivity contribution is 7.63. The predicted octanol–water partition coefficient (Wildman–Crippen LogP) is 3.98. The van der Waals surface area contributed by atoms with Crippen LogP contribution < -0.4 is 4.74 Å². The van der Waals surface area contributed by atoms with Crippen LogP contribution in [0.4, 0.5) is 5.69 Å². The van der Waals surface area contributed by atoms with E-state index in [0.717, 1.165) is 0 Å². The largest absolute Gasteiger partial charge is 0.479 e. The van der Waals surface area contributed by atoms with E-state index in [-0.39, 0.29) is 17.8 Å². The van der Waals surface area contributed by atoms with Gasteiger partial charge >= 0.3 is 5.69 Å². The Hall–Kier alpha value is -1.61. The minimum atomic E-state index is -2.38. The van der Waals surface area contributed by atoms with Gasteiger partial charge in [0.05, 0.1) is 4.92 Å². The van der Waals surface area contributed by atoms with Crippen molar-refractivity contribution < 1.29 is 14.2 Å². The van der Waals surface area contributed by atoms with Crippen molar-refractivity contribution in [3.8, 4) is 5.75 Å². The molecule has 0 aliphatic heterocycles. The summed E-state index contributed by atoms with van der Waals surface area (Å²) in [6, 6.07) is 4.59. The van der Waals surface area contributed by atoms with Gasteiger partial charge < -0.3 is 9.30 Å². The molecule has 5 nitrogen and oxygen atoms in total. The summed E-state index contributed by atoms with van der Waals surface area (Å²) in [4.78, 5) is 10.5. The summed E-state index contributed by atoms with van der Waals surface area (Å²) < 4.78 is 17.6. The van der Waals surface area contributed by atoms with Crippen LogP contribution in [0.1, 0.15) is 19.4 Å². The van der Waals surface area contributed by atoms with Crippen molar-refractivity contribution in [2.75, 3.05) is 18.7 Å². The van der Waals surface area contributed by atoms with Crippen LogP contribution in [0.15, 0.2) is 24.8 Å². The highest BCUT2D eigenvalue weighted by Gasteiger charge is 2.21. The summed E-state index contributed by atoms with van der Waals surface area (Å²) in [6.07, 6.45) is 2.62. The maximum atomic E-state index is 12.2. The molecule has 0 aliphatic carbocycles. The van der Waals surface area contributed by atoms with Crippen molar-refractivity contribution in [2.24, 2.45) is 0 Å². The molecule has 0 fully saturated rings. The van der Waals surface area contributed by atoms with Crippen molar-refractivity contribution in [1.29, 1.82) is 0 Å². The molecule has 6 heteroatoms. The smallest absolute Gasteiger partial charge is 0.311 e. The van der Waals surface area contributed by atoms with E-state index in [1.165, 1.54) is 18.2 Å². The lowest BCUT2D eigenvalue weighted by molar-refractivity contribution is -0.385. The number of nitro groups is 1. The minimum Gasteiger partial charge on any atom is -0.479 e. The van der Waals surface area contributed by atoms with Crippen LogP contribution in [0.3, 0.4) is 0 Å². The molecule has 0 N–H and O–H groups in total. The monoisotopic (exact) mass is 283 g/mol. The van der Waals surface area contributed by atoms with E-state index in [4.69, 9.17) is 4.74 Å². The Morgan fingerprint density at radius 1 is 1.42 bits per heavy atom. The third-order valence-electron chi connectivity index (χ3n) is 3.02. The van der Waals surface area contributed by atoms with Gasteiger partial charge in [-0.05, 0) is 11.6 Å². The first-order valence-electron chi connectivity index (χ1n) is 6.06. The average molecular weight is 283 g/mol. The van der Waals surface area contributed by atoms with Crippen LogP contribution in [-0.4, -0.2) is 23.6 Å². The normalized spacial score (nSPS) is 11.1. The Labute approximate surface area is 112 Å². The van der Waals surface area contributed by atoms with E-state index >= 15 is 0 Å². The van der Waals surface area contributed by atoms with Gasteiger partial charge in [0.25, 0.3) is 0 Å². The maximum absolute atomic E-state index is 12.2. The first-order valence-corrected chi connectivity index (χ1v) is 8.32. The molecule has 0 heterocycles. The number of hydrogen-bond acceptors (Lipinski definition) is 4. The molecule has 0 atom stereocenters. The molecular formula is C13H18NO4P. The lowest BCUT2D eigenvalue weighted by Gasteiger charge is -2.15. The Morgan fingerprint density at radius 2 is 2.05 bits per heavy atom. The molecule has 0 amide bonds. The van der Waals surface area contributed by atoms with Gasteiger partial charge in [0, 0.05) is 18.4 Å². The Bertz CT molecular complexity index is 519. The zero-order valence-electron chi connectivity index (χ0n) is 11.2. The number of ether oxygens (including phenoxy) is 1. The second-order valence-corrected chi connectivity index (χ2v) is 7.79. The van der Waals surface area contributed by atoms with E-state index in [2.05, 4.69) is 6.58 Å². The molecule has 19 heavy (non-hydrogen) atoms. The highest BCUT2D eigenvalue weighted by atomic mass is 31.2. The fourth-order valence-electron chi connectivity index (χ4n) is 1.52. The Morgan fingerprint density at radius 3 is 2.53 bits per heavy atom. The van der Waals surface area contributed by atoms with Crippen LogP contribution in [0, 0.1) is 10.1 Å². The summed E-state index contributed by atoms with van der Waals surface area (Å²) in [5.74, 6) is 0.151. The van der Waals surface area contributed by atoms with Crippen molar-refractivity contribution in [3.05, 3.63) is 40.5 Å². The second kappa shape index (κ2) is 6.53. The molecule has 1 rings (SSSR count). The topological polar surface area (TPSA) is 69.4 Å². The van der Waals surface area contributed by atoms with Crippen molar-refractivity contribution >= 4 is 18.9 Å². The average Bonchev–Trinajstić information content (AvgIpc) is 2.44. The molecule has 1 aromatic carbocycles. The van der Waals surface area contributed by atoms with Gasteiger partial charge in [0.2, 0.25) is 0 Å². The molecule has 0 saturated heterocycles. The van der Waals surface area contributed by atoms with Gasteiger partial charge in [-0.25, -0.2) is 0 Å². The number of benzene rings is 1. The standard InChI is InChI=1S/C13H18NO4P/c1-4-11-7-8-13(12(9-11)14(15)16)18-10-19(17,5-2)6-3/h4,7-9H,1,5-6,10H2,2-3H3. The summed E-state index contributed by atoms with van der Waals surface area (Å²) in [5, 5.41) is 11.0. The molecule has 0 spiro atoms. The van der Waals surface area contributed by atoms with Crippen molar-refractivity contribution in [2.45, 2.75) is 13.8 Å². The molecule has 0 unspecified atom stereocenters. The van der Waals surface area contributed by atoms with Gasteiger partial charge in [0.1, 0.15) is 13.5 Å². The first-order chi connectivity index (χ1) is 8.95. The molecule has 0 aliphatic rings. The van der Waals surface area contributed by atoms with E-state index in [1.54, 1.807) is 6.07 Å². The summed E-state index contributed by atoms with van der Waals surface area (Å²) in [5.41, 5.74) is 0.518. The van der Waals surface area contributed by atoms with E-state index in [1.807, 2.05) is 13.8 Å². The molecule has 0 saturated carbocycles. The lowest BCUT2D eigenvalue weighted by Crippen LogP contribution is -2.05. The van der Waals surface area contributed by atoms with E-state index in [0.29, 0.717) is 17.9 Å². The summed E-state index contributed by atoms with van der Waals surface area (Å²) in [7, 11) is -2.38. The number of rotatable bonds is 7. The summed E-state index contributed by atoms with van der Waals surface area (Å²) >= 11 is 0. The van der Waals surface area contributed by atoms with E-state index < -0.39 is 12.1 Å². The maximum Gasteiger partial charge on any atom is 0.311 e. The second-order valence-electron chi connectivity index (χ2n) is 4.15. The molecular weight excluding hydrogens is 265 g/mol. The van der Waals surface area contributed by atoms with Gasteiger partial charge in [-0.3, -0.25) is 10.1 Å². The van der Waals surface area contributed by atoms with Gasteiger partial charge in [-0.15, -0.1) is 0 Å². The fourth-order valence-corrected chi connectivity index (χ4v) is 2.71. The zero-order chi connectivity index (χ0) is 14.5. The first kappa shape index (κ1) is 15.4. The highest BCUT2D eigenvalue weighted by Crippen LogP contribution is 2.45. The number of nitrogens with zero attached hydrogens (tertiary/aromatic N) is 1. The fraction of sp³-hybridized carbons (Fsp3) is 0.385. The van der Waals surface area contributed by atoms with E-state index in [9.17, 15) is 14.7 Å². The third-order valence-corrected chi connectivity index (χ3v) is 5.93. The molecule has 104 valence electrons. The predicted molar refractivity (Wildman–Crippen MR) is 77.4 cm³/mol. The SMILES string of the molecule is C=Cc1ccc(OCP(=O)(CC)CC)c([N+](=O)[O-])c1. The van der Waals surface area contributed by atoms with Crippen LogP contribution in [0.5, 0.6) is 5.75 Å². The van der Waals surface area contributed by atoms with Gasteiger partial charge in [-0.1, -0.05) is 32.6 Å². The van der Waals surface area contributed by atoms with Crippen molar-refractivity contribution in [1.82, 2.24) is 0 Å². The van der Waals surface area contributed by atoms with Crippen LogP contribution in [0.2, 0.25) is 0 Å². The van der Waals surface area contributed by atoms with Gasteiger partial charge in [-0.2, -0.15) is 0 Å². The van der Waals surface area contributed by atoms with Gasteiger partial charge in [0.15, 0.2) is 5.75 Å². The van der Waals surface area contributed by atoms with Crippen LogP contribution in [0.25, 0.3) is 6.08 Å². The Balaban J connectivity index is 2.98. The third kappa shape index (κ3) is 3.93. The van der Waals surface area contributed by atoms with Crippen molar-refractivity contribution in [3.63, 3.8) is 0 Å². The molecule has 0 radical (unpaired) electrons. The quantitative estimate of drug-likeness (QED) is 0.431. The lowest BCUT2D eigenvalue weighted by atomic mass is 10.2. The summed E-state index contributed by atoms with van der Waals surface area (Å²) in [6.45, 7) is 7.24. The van der Waals surface area contributed by atoms with Crippen LogP contribution in [-0.2, 0) is 4.57 Å². The number of nitro benzene ring substituents is 1. The Kier molecular flexibility index (Phi) is 5.31. The van der Waals surface area contributed by atoms with Crippen LogP contribution >= 0.6 is 7.14 Å². The minimum absolute atomic E-state index is 0.0360. The molecule has 0 aromatic heterocycles. The number of hydrogen-bond donors (Lipinski definition) is 0. The molecule has 0 bridgehead atoms. The molecule has 1 aromatic rings.